The molecule has 0 amide bonds. The summed E-state index contributed by atoms with van der Waals surface area (Å²) in [5.74, 6) is 1.12. The van der Waals surface area contributed by atoms with Gasteiger partial charge in [-0.15, -0.1) is 35.3 Å². The third kappa shape index (κ3) is 4.97. The molecule has 1 aromatic rings. The van der Waals surface area contributed by atoms with E-state index in [1.165, 1.54) is 37.1 Å². The van der Waals surface area contributed by atoms with Gasteiger partial charge >= 0.3 is 0 Å². The highest BCUT2D eigenvalue weighted by Gasteiger charge is 2.43. The molecular formula is C20H33IN4OS. The van der Waals surface area contributed by atoms with E-state index in [4.69, 9.17) is 9.73 Å². The summed E-state index contributed by atoms with van der Waals surface area (Å²) in [5, 5.41) is 5.73. The van der Waals surface area contributed by atoms with Gasteiger partial charge in [-0.25, -0.2) is 0 Å². The Morgan fingerprint density at radius 2 is 2.11 bits per heavy atom. The van der Waals surface area contributed by atoms with Crippen LogP contribution >= 0.6 is 35.3 Å². The Labute approximate surface area is 184 Å². The Hall–Kier alpha value is -0.380. The molecule has 3 heterocycles. The van der Waals surface area contributed by atoms with Crippen LogP contribution in [0, 0.1) is 5.41 Å². The van der Waals surface area contributed by atoms with Crippen molar-refractivity contribution in [1.82, 2.24) is 15.1 Å². The van der Waals surface area contributed by atoms with Crippen molar-refractivity contribution in [2.75, 3.05) is 52.5 Å². The van der Waals surface area contributed by atoms with E-state index in [1.54, 1.807) is 0 Å². The molecule has 152 valence electrons. The van der Waals surface area contributed by atoms with Crippen molar-refractivity contribution >= 4 is 41.3 Å². The number of guanidine groups is 1. The quantitative estimate of drug-likeness (QED) is 0.378. The second-order valence-corrected chi connectivity index (χ2v) is 8.88. The third-order valence-electron chi connectivity index (χ3n) is 6.26. The van der Waals surface area contributed by atoms with Gasteiger partial charge in [-0.1, -0.05) is 12.5 Å². The first-order valence-corrected chi connectivity index (χ1v) is 11.1. The zero-order valence-electron chi connectivity index (χ0n) is 16.4. The van der Waals surface area contributed by atoms with Gasteiger partial charge in [0.1, 0.15) is 0 Å². The van der Waals surface area contributed by atoms with Crippen LogP contribution in [-0.4, -0.2) is 68.2 Å². The summed E-state index contributed by atoms with van der Waals surface area (Å²) in [6, 6.07) is 4.78. The number of nitrogens with one attached hydrogen (secondary N) is 1. The molecule has 27 heavy (non-hydrogen) atoms. The number of nitrogens with zero attached hydrogens (tertiary/aromatic N) is 3. The summed E-state index contributed by atoms with van der Waals surface area (Å²) >= 11 is 1.85. The zero-order chi connectivity index (χ0) is 17.8. The summed E-state index contributed by atoms with van der Waals surface area (Å²) in [6.45, 7) is 9.95. The average Bonchev–Trinajstić information content (AvgIpc) is 3.32. The summed E-state index contributed by atoms with van der Waals surface area (Å²) in [4.78, 5) is 11.6. The van der Waals surface area contributed by atoms with Crippen LogP contribution in [0.15, 0.2) is 22.5 Å². The van der Waals surface area contributed by atoms with E-state index in [2.05, 4.69) is 39.6 Å². The Morgan fingerprint density at radius 3 is 2.70 bits per heavy atom. The van der Waals surface area contributed by atoms with Gasteiger partial charge in [0.05, 0.1) is 25.8 Å². The number of rotatable bonds is 5. The maximum absolute atomic E-state index is 5.56. The van der Waals surface area contributed by atoms with Gasteiger partial charge in [0, 0.05) is 37.6 Å². The van der Waals surface area contributed by atoms with Gasteiger partial charge in [-0.3, -0.25) is 9.89 Å². The molecule has 1 atom stereocenters. The topological polar surface area (TPSA) is 40.1 Å². The van der Waals surface area contributed by atoms with Crippen molar-refractivity contribution in [3.63, 3.8) is 0 Å². The molecule has 4 rings (SSSR count). The van der Waals surface area contributed by atoms with E-state index in [1.807, 2.05) is 11.3 Å². The van der Waals surface area contributed by atoms with Gasteiger partial charge < -0.3 is 15.0 Å². The van der Waals surface area contributed by atoms with Crippen LogP contribution in [-0.2, 0) is 4.74 Å². The molecule has 3 fully saturated rings. The Balaban J connectivity index is 0.00000210. The predicted molar refractivity (Wildman–Crippen MR) is 123 cm³/mol. The molecule has 1 saturated carbocycles. The minimum atomic E-state index is 0. The third-order valence-corrected chi connectivity index (χ3v) is 7.23. The minimum absolute atomic E-state index is 0. The number of halogens is 1. The highest BCUT2D eigenvalue weighted by Crippen LogP contribution is 2.47. The molecule has 5 nitrogen and oxygen atoms in total. The predicted octanol–water partition coefficient (Wildman–Crippen LogP) is 3.58. The normalized spacial score (nSPS) is 23.7. The molecule has 1 aliphatic carbocycles. The first-order chi connectivity index (χ1) is 12.8. The zero-order valence-corrected chi connectivity index (χ0v) is 19.5. The van der Waals surface area contributed by atoms with Crippen LogP contribution in [0.25, 0.3) is 0 Å². The molecule has 7 heteroatoms. The van der Waals surface area contributed by atoms with Crippen LogP contribution < -0.4 is 5.32 Å². The average molecular weight is 504 g/mol. The van der Waals surface area contributed by atoms with Gasteiger partial charge in [0.15, 0.2) is 5.96 Å². The van der Waals surface area contributed by atoms with Crippen LogP contribution in [0.2, 0.25) is 0 Å². The summed E-state index contributed by atoms with van der Waals surface area (Å²) in [5.41, 5.74) is 0.605. The standard InChI is InChI=1S/C20H32N4OS.HI/c1-2-21-19(24-9-8-20(16-24)6-4-7-20)22-15-17(18-5-3-14-26-18)23-10-12-25-13-11-23;/h3,5,14,17H,2,4,6-13,15-16H2,1H3,(H,21,22);1H. The summed E-state index contributed by atoms with van der Waals surface area (Å²) < 4.78 is 5.56. The molecule has 1 unspecified atom stereocenters. The van der Waals surface area contributed by atoms with Crippen LogP contribution in [0.5, 0.6) is 0 Å². The smallest absolute Gasteiger partial charge is 0.194 e. The number of likely N-dealkylation sites (tertiary alicyclic amines) is 1. The highest BCUT2D eigenvalue weighted by atomic mass is 127. The molecule has 0 aromatic carbocycles. The highest BCUT2D eigenvalue weighted by molar-refractivity contribution is 14.0. The van der Waals surface area contributed by atoms with E-state index in [0.717, 1.165) is 51.9 Å². The van der Waals surface area contributed by atoms with Gasteiger partial charge in [-0.05, 0) is 43.0 Å². The maximum Gasteiger partial charge on any atom is 0.194 e. The molecular weight excluding hydrogens is 471 g/mol. The maximum atomic E-state index is 5.56. The number of aliphatic imine (C=N–C) groups is 1. The lowest BCUT2D eigenvalue weighted by Crippen LogP contribution is -2.44. The number of thiophene rings is 1. The number of hydrogen-bond acceptors (Lipinski definition) is 4. The molecule has 2 aliphatic heterocycles. The minimum Gasteiger partial charge on any atom is -0.379 e. The lowest BCUT2D eigenvalue weighted by atomic mass is 9.68. The van der Waals surface area contributed by atoms with Gasteiger partial charge in [-0.2, -0.15) is 0 Å². The lowest BCUT2D eigenvalue weighted by Gasteiger charge is -2.38. The molecule has 2 saturated heterocycles. The van der Waals surface area contributed by atoms with Crippen molar-refractivity contribution in [2.24, 2.45) is 10.4 Å². The summed E-state index contributed by atoms with van der Waals surface area (Å²) in [7, 11) is 0. The number of morpholine rings is 1. The Morgan fingerprint density at radius 1 is 1.30 bits per heavy atom. The van der Waals surface area contributed by atoms with E-state index in [-0.39, 0.29) is 24.0 Å². The van der Waals surface area contributed by atoms with E-state index in [0.29, 0.717) is 11.5 Å². The second kappa shape index (κ2) is 9.89. The van der Waals surface area contributed by atoms with E-state index in [9.17, 15) is 0 Å². The number of hydrogen-bond donors (Lipinski definition) is 1. The number of ether oxygens (including phenoxy) is 1. The second-order valence-electron chi connectivity index (χ2n) is 7.90. The van der Waals surface area contributed by atoms with Gasteiger partial charge in [0.2, 0.25) is 0 Å². The van der Waals surface area contributed by atoms with Gasteiger partial charge in [0.25, 0.3) is 0 Å². The fourth-order valence-electron chi connectivity index (χ4n) is 4.55. The Bertz CT molecular complexity index is 599. The van der Waals surface area contributed by atoms with E-state index >= 15 is 0 Å². The monoisotopic (exact) mass is 504 g/mol. The fourth-order valence-corrected chi connectivity index (χ4v) is 5.41. The van der Waals surface area contributed by atoms with Crippen molar-refractivity contribution < 1.29 is 4.74 Å². The summed E-state index contributed by atoms with van der Waals surface area (Å²) in [6.07, 6.45) is 5.58. The lowest BCUT2D eigenvalue weighted by molar-refractivity contribution is 0.0186. The van der Waals surface area contributed by atoms with Crippen LogP contribution in [0.3, 0.4) is 0 Å². The molecule has 1 spiro atoms. The SMILES string of the molecule is CCNC(=NCC(c1cccs1)N1CCOCC1)N1CCC2(CCC2)C1.I. The molecule has 1 aromatic heterocycles. The first kappa shape index (κ1) is 21.3. The van der Waals surface area contributed by atoms with Crippen LogP contribution in [0.1, 0.15) is 43.5 Å². The fraction of sp³-hybridized carbons (Fsp3) is 0.750. The van der Waals surface area contributed by atoms with Crippen molar-refractivity contribution in [2.45, 2.75) is 38.6 Å². The molecule has 1 N–H and O–H groups in total. The molecule has 0 radical (unpaired) electrons. The van der Waals surface area contributed by atoms with Crippen molar-refractivity contribution in [3.05, 3.63) is 22.4 Å². The first-order valence-electron chi connectivity index (χ1n) is 10.2. The van der Waals surface area contributed by atoms with Crippen molar-refractivity contribution in [1.29, 1.82) is 0 Å². The molecule has 0 bridgehead atoms. The Kier molecular flexibility index (Phi) is 7.82. The largest absolute Gasteiger partial charge is 0.379 e. The molecule has 3 aliphatic rings. The van der Waals surface area contributed by atoms with Crippen molar-refractivity contribution in [3.8, 4) is 0 Å². The van der Waals surface area contributed by atoms with Crippen LogP contribution in [0.4, 0.5) is 0 Å². The van der Waals surface area contributed by atoms with E-state index < -0.39 is 0 Å².